The van der Waals surface area contributed by atoms with Crippen molar-refractivity contribution in [2.45, 2.75) is 32.7 Å². The number of carbonyl (C=O) groups excluding carboxylic acids is 1. The fraction of sp³-hybridized carbons (Fsp3) is 0.562. The van der Waals surface area contributed by atoms with Gasteiger partial charge in [-0.3, -0.25) is 9.69 Å². The number of rotatable bonds is 5. The molecule has 0 bridgehead atoms. The lowest BCUT2D eigenvalue weighted by Gasteiger charge is -2.29. The van der Waals surface area contributed by atoms with Gasteiger partial charge in [0.15, 0.2) is 0 Å². The molecule has 110 valence electrons. The van der Waals surface area contributed by atoms with Gasteiger partial charge in [-0.05, 0) is 37.6 Å². The number of hydrogen-bond acceptors (Lipinski definition) is 2. The maximum absolute atomic E-state index is 11.8. The minimum atomic E-state index is 0.0143. The second-order valence-electron chi connectivity index (χ2n) is 5.68. The van der Waals surface area contributed by atoms with Crippen LogP contribution >= 0.6 is 11.6 Å². The molecular weight excluding hydrogens is 272 g/mol. The van der Waals surface area contributed by atoms with E-state index in [1.54, 1.807) is 0 Å². The number of hydrogen-bond donors (Lipinski definition) is 1. The van der Waals surface area contributed by atoms with E-state index < -0.39 is 0 Å². The van der Waals surface area contributed by atoms with E-state index in [0.29, 0.717) is 6.54 Å². The summed E-state index contributed by atoms with van der Waals surface area (Å²) in [4.78, 5) is 14.2. The lowest BCUT2D eigenvalue weighted by molar-refractivity contribution is -0.124. The molecule has 0 aliphatic carbocycles. The number of carbonyl (C=O) groups is 1. The van der Waals surface area contributed by atoms with E-state index in [1.165, 1.54) is 12.8 Å². The first-order valence-corrected chi connectivity index (χ1v) is 7.73. The van der Waals surface area contributed by atoms with Crippen molar-refractivity contribution in [1.82, 2.24) is 10.2 Å². The summed E-state index contributed by atoms with van der Waals surface area (Å²) in [5.41, 5.74) is 1.11. The zero-order valence-corrected chi connectivity index (χ0v) is 13.0. The Kier molecular flexibility index (Phi) is 5.44. The Morgan fingerprint density at radius 3 is 2.55 bits per heavy atom. The summed E-state index contributed by atoms with van der Waals surface area (Å²) in [6.07, 6.45) is 2.44. The van der Waals surface area contributed by atoms with Crippen LogP contribution in [-0.2, 0) is 4.79 Å². The van der Waals surface area contributed by atoms with E-state index in [9.17, 15) is 4.79 Å². The molecule has 1 atom stereocenters. The summed E-state index contributed by atoms with van der Waals surface area (Å²) in [6.45, 7) is 6.60. The number of nitrogens with zero attached hydrogens (tertiary/aromatic N) is 1. The fourth-order valence-electron chi connectivity index (χ4n) is 2.64. The maximum Gasteiger partial charge on any atom is 0.222 e. The average molecular weight is 295 g/mol. The van der Waals surface area contributed by atoms with Crippen LogP contribution in [0.15, 0.2) is 24.3 Å². The summed E-state index contributed by atoms with van der Waals surface area (Å²) in [5, 5.41) is 3.83. The molecule has 1 fully saturated rings. The summed E-state index contributed by atoms with van der Waals surface area (Å²) in [5.74, 6) is 0.113. The minimum Gasteiger partial charge on any atom is -0.354 e. The molecular formula is C16H23ClN2O. The first-order valence-electron chi connectivity index (χ1n) is 7.35. The molecule has 1 amide bonds. The van der Waals surface area contributed by atoms with E-state index >= 15 is 0 Å². The predicted molar refractivity (Wildman–Crippen MR) is 82.8 cm³/mol. The average Bonchev–Trinajstić information content (AvgIpc) is 2.94. The highest BCUT2D eigenvalue weighted by Crippen LogP contribution is 2.29. The van der Waals surface area contributed by atoms with Gasteiger partial charge in [0.1, 0.15) is 0 Å². The Morgan fingerprint density at radius 2 is 1.95 bits per heavy atom. The van der Waals surface area contributed by atoms with Gasteiger partial charge < -0.3 is 5.32 Å². The molecule has 1 aliphatic rings. The SMILES string of the molecule is CC(C)C(=O)NC[C@@H](c1ccccc1Cl)N1CCCC1. The topological polar surface area (TPSA) is 32.3 Å². The lowest BCUT2D eigenvalue weighted by atomic mass is 10.0. The Bertz CT molecular complexity index is 456. The number of likely N-dealkylation sites (tertiary alicyclic amines) is 1. The number of halogens is 1. The Hall–Kier alpha value is -1.06. The van der Waals surface area contributed by atoms with E-state index in [4.69, 9.17) is 11.6 Å². The second kappa shape index (κ2) is 7.09. The standard InChI is InChI=1S/C16H23ClN2O/c1-12(2)16(20)18-11-15(19-9-5-6-10-19)13-7-3-4-8-14(13)17/h3-4,7-8,12,15H,5-6,9-11H2,1-2H3,(H,18,20)/t15-/m0/s1. The van der Waals surface area contributed by atoms with Gasteiger partial charge >= 0.3 is 0 Å². The molecule has 20 heavy (non-hydrogen) atoms. The highest BCUT2D eigenvalue weighted by atomic mass is 35.5. The first kappa shape index (κ1) is 15.3. The predicted octanol–water partition coefficient (Wildman–Crippen LogP) is 3.25. The molecule has 1 saturated heterocycles. The molecule has 1 aromatic rings. The summed E-state index contributed by atoms with van der Waals surface area (Å²) >= 11 is 6.34. The van der Waals surface area contributed by atoms with Crippen molar-refractivity contribution in [1.29, 1.82) is 0 Å². The van der Waals surface area contributed by atoms with E-state index in [0.717, 1.165) is 23.7 Å². The molecule has 0 radical (unpaired) electrons. The molecule has 0 unspecified atom stereocenters. The van der Waals surface area contributed by atoms with Gasteiger partial charge in [0.2, 0.25) is 5.91 Å². The Balaban J connectivity index is 2.13. The Morgan fingerprint density at radius 1 is 1.30 bits per heavy atom. The number of amides is 1. The smallest absolute Gasteiger partial charge is 0.222 e. The van der Waals surface area contributed by atoms with Crippen molar-refractivity contribution in [2.75, 3.05) is 19.6 Å². The minimum absolute atomic E-state index is 0.0143. The van der Waals surface area contributed by atoms with Crippen molar-refractivity contribution >= 4 is 17.5 Å². The largest absolute Gasteiger partial charge is 0.354 e. The van der Waals surface area contributed by atoms with Crippen LogP contribution in [0.3, 0.4) is 0 Å². The third-order valence-electron chi connectivity index (χ3n) is 3.84. The fourth-order valence-corrected chi connectivity index (χ4v) is 2.90. The van der Waals surface area contributed by atoms with Crippen LogP contribution in [0.4, 0.5) is 0 Å². The molecule has 0 spiro atoms. The third kappa shape index (κ3) is 3.74. The van der Waals surface area contributed by atoms with E-state index in [-0.39, 0.29) is 17.9 Å². The van der Waals surface area contributed by atoms with E-state index in [1.807, 2.05) is 32.0 Å². The lowest BCUT2D eigenvalue weighted by Crippen LogP contribution is -2.38. The Labute approximate surface area is 126 Å². The van der Waals surface area contributed by atoms with Crippen molar-refractivity contribution in [3.8, 4) is 0 Å². The van der Waals surface area contributed by atoms with Crippen LogP contribution in [0.5, 0.6) is 0 Å². The zero-order chi connectivity index (χ0) is 14.5. The van der Waals surface area contributed by atoms with Crippen LogP contribution < -0.4 is 5.32 Å². The van der Waals surface area contributed by atoms with Gasteiger partial charge in [-0.2, -0.15) is 0 Å². The van der Waals surface area contributed by atoms with Crippen LogP contribution in [0.1, 0.15) is 38.3 Å². The van der Waals surface area contributed by atoms with Gasteiger partial charge in [-0.15, -0.1) is 0 Å². The number of benzene rings is 1. The summed E-state index contributed by atoms with van der Waals surface area (Å²) in [7, 11) is 0. The monoisotopic (exact) mass is 294 g/mol. The van der Waals surface area contributed by atoms with Gasteiger partial charge in [0.05, 0.1) is 6.04 Å². The molecule has 1 aliphatic heterocycles. The van der Waals surface area contributed by atoms with Gasteiger partial charge in [-0.25, -0.2) is 0 Å². The van der Waals surface area contributed by atoms with Crippen molar-refractivity contribution < 1.29 is 4.79 Å². The third-order valence-corrected chi connectivity index (χ3v) is 4.18. The van der Waals surface area contributed by atoms with Gasteiger partial charge in [0, 0.05) is 17.5 Å². The van der Waals surface area contributed by atoms with Crippen LogP contribution in [0, 0.1) is 5.92 Å². The highest BCUT2D eigenvalue weighted by molar-refractivity contribution is 6.31. The number of nitrogens with one attached hydrogen (secondary N) is 1. The molecule has 4 heteroatoms. The molecule has 1 N–H and O–H groups in total. The summed E-state index contributed by atoms with van der Waals surface area (Å²) in [6, 6.07) is 8.11. The molecule has 3 nitrogen and oxygen atoms in total. The second-order valence-corrected chi connectivity index (χ2v) is 6.09. The highest BCUT2D eigenvalue weighted by Gasteiger charge is 2.25. The zero-order valence-electron chi connectivity index (χ0n) is 12.2. The van der Waals surface area contributed by atoms with Crippen molar-refractivity contribution in [3.63, 3.8) is 0 Å². The van der Waals surface area contributed by atoms with Crippen LogP contribution in [0.25, 0.3) is 0 Å². The molecule has 1 aromatic carbocycles. The maximum atomic E-state index is 11.8. The molecule has 0 saturated carbocycles. The summed E-state index contributed by atoms with van der Waals surface area (Å²) < 4.78 is 0. The molecule has 0 aromatic heterocycles. The van der Waals surface area contributed by atoms with Gasteiger partial charge in [0.25, 0.3) is 0 Å². The van der Waals surface area contributed by atoms with Crippen LogP contribution in [-0.4, -0.2) is 30.4 Å². The first-order chi connectivity index (χ1) is 9.59. The van der Waals surface area contributed by atoms with E-state index in [2.05, 4.69) is 16.3 Å². The quantitative estimate of drug-likeness (QED) is 0.904. The molecule has 2 rings (SSSR count). The normalized spacial score (nSPS) is 17.4. The van der Waals surface area contributed by atoms with Crippen molar-refractivity contribution in [3.05, 3.63) is 34.9 Å². The van der Waals surface area contributed by atoms with Crippen molar-refractivity contribution in [2.24, 2.45) is 5.92 Å². The van der Waals surface area contributed by atoms with Crippen LogP contribution in [0.2, 0.25) is 5.02 Å². The molecule has 1 heterocycles. The van der Waals surface area contributed by atoms with Gasteiger partial charge in [-0.1, -0.05) is 43.6 Å².